The Morgan fingerprint density at radius 1 is 0.970 bits per heavy atom. The number of rotatable bonds is 6. The summed E-state index contributed by atoms with van der Waals surface area (Å²) < 4.78 is 1.73. The predicted octanol–water partition coefficient (Wildman–Crippen LogP) is 4.04. The number of nitrogens with zero attached hydrogens (tertiary/aromatic N) is 2. The van der Waals surface area contributed by atoms with Crippen LogP contribution in [0.1, 0.15) is 40.7 Å². The average Bonchev–Trinajstić information content (AvgIpc) is 3.36. The number of para-hydroxylation sites is 1. The highest BCUT2D eigenvalue weighted by molar-refractivity contribution is 6.04. The van der Waals surface area contributed by atoms with Gasteiger partial charge in [0.05, 0.1) is 5.92 Å². The third kappa shape index (κ3) is 4.67. The Morgan fingerprint density at radius 2 is 1.64 bits per heavy atom. The van der Waals surface area contributed by atoms with Gasteiger partial charge in [0.25, 0.3) is 5.91 Å². The topological polar surface area (TPSA) is 83.4 Å². The maximum Gasteiger partial charge on any atom is 0.270 e. The minimum Gasteiger partial charge on any atom is -0.326 e. The fourth-order valence-corrected chi connectivity index (χ4v) is 4.15. The highest BCUT2D eigenvalue weighted by Crippen LogP contribution is 2.29. The molecule has 7 heteroatoms. The molecule has 2 heterocycles. The van der Waals surface area contributed by atoms with Crippen LogP contribution in [0.3, 0.4) is 0 Å². The smallest absolute Gasteiger partial charge is 0.270 e. The zero-order valence-corrected chi connectivity index (χ0v) is 19.1. The molecule has 7 nitrogen and oxygen atoms in total. The second-order valence-electron chi connectivity index (χ2n) is 8.35. The maximum absolute atomic E-state index is 12.8. The molecule has 4 rings (SSSR count). The molecular weight excluding hydrogens is 416 g/mol. The molecule has 0 bridgehead atoms. The summed E-state index contributed by atoms with van der Waals surface area (Å²) in [5.41, 5.74) is 7.78. The Kier molecular flexibility index (Phi) is 6.31. The van der Waals surface area contributed by atoms with Crippen molar-refractivity contribution in [3.05, 3.63) is 83.2 Å². The van der Waals surface area contributed by atoms with Crippen LogP contribution in [0.25, 0.3) is 0 Å². The van der Waals surface area contributed by atoms with E-state index in [1.165, 1.54) is 0 Å². The number of aryl methyl sites for hydroxylation is 3. The Labute approximate surface area is 193 Å². The Morgan fingerprint density at radius 3 is 2.30 bits per heavy atom. The van der Waals surface area contributed by atoms with Crippen LogP contribution >= 0.6 is 0 Å². The Balaban J connectivity index is 1.39. The first-order valence-corrected chi connectivity index (χ1v) is 11.1. The first-order valence-electron chi connectivity index (χ1n) is 11.1. The molecule has 3 amide bonds. The second-order valence-corrected chi connectivity index (χ2v) is 8.35. The summed E-state index contributed by atoms with van der Waals surface area (Å²) in [5.74, 6) is -0.902. The van der Waals surface area contributed by atoms with Gasteiger partial charge in [0, 0.05) is 41.3 Å². The van der Waals surface area contributed by atoms with Gasteiger partial charge in [-0.25, -0.2) is 0 Å². The van der Waals surface area contributed by atoms with Crippen molar-refractivity contribution in [1.29, 1.82) is 0 Å². The summed E-state index contributed by atoms with van der Waals surface area (Å²) in [4.78, 5) is 39.7. The molecule has 1 aromatic heterocycles. The lowest BCUT2D eigenvalue weighted by Gasteiger charge is -2.20. The van der Waals surface area contributed by atoms with E-state index in [4.69, 9.17) is 0 Å². The van der Waals surface area contributed by atoms with Crippen LogP contribution in [0.4, 0.5) is 11.4 Å². The van der Waals surface area contributed by atoms with Crippen molar-refractivity contribution in [3.63, 3.8) is 0 Å². The van der Waals surface area contributed by atoms with Crippen LogP contribution in [-0.4, -0.2) is 28.9 Å². The lowest BCUT2D eigenvalue weighted by molar-refractivity contribution is -0.122. The summed E-state index contributed by atoms with van der Waals surface area (Å²) in [6.07, 6.45) is 1.00. The van der Waals surface area contributed by atoms with Gasteiger partial charge in [0.2, 0.25) is 11.8 Å². The molecule has 33 heavy (non-hydrogen) atoms. The van der Waals surface area contributed by atoms with Gasteiger partial charge in [0.15, 0.2) is 0 Å². The lowest BCUT2D eigenvalue weighted by Crippen LogP contribution is -2.28. The Hall–Kier alpha value is -3.87. The number of anilines is 2. The fourth-order valence-electron chi connectivity index (χ4n) is 4.15. The van der Waals surface area contributed by atoms with Gasteiger partial charge in [-0.3, -0.25) is 24.5 Å². The molecule has 1 aliphatic heterocycles. The van der Waals surface area contributed by atoms with Gasteiger partial charge >= 0.3 is 0 Å². The van der Waals surface area contributed by atoms with Crippen LogP contribution in [0.5, 0.6) is 0 Å². The van der Waals surface area contributed by atoms with Crippen LogP contribution in [-0.2, 0) is 16.0 Å². The van der Waals surface area contributed by atoms with Crippen molar-refractivity contribution in [2.24, 2.45) is 5.92 Å². The standard InChI is InChI=1S/C26H28N4O3/c1-4-19-7-5-6-8-23(19)29-16-21(15-24(29)31)25(32)27-22-13-11-20(12-14-22)26(33)28-30-17(2)9-10-18(30)3/h5-14,21H,4,15-16H2,1-3H3,(H,27,32)(H,28,33)/t21-/m1/s1. The SMILES string of the molecule is CCc1ccccc1N1C[C@H](C(=O)Nc2ccc(C(=O)Nn3c(C)ccc3C)cc2)CC1=O. The number of amides is 3. The van der Waals surface area contributed by atoms with Gasteiger partial charge in [-0.1, -0.05) is 25.1 Å². The maximum atomic E-state index is 12.8. The van der Waals surface area contributed by atoms with Gasteiger partial charge < -0.3 is 10.2 Å². The van der Waals surface area contributed by atoms with Gasteiger partial charge in [-0.05, 0) is 68.3 Å². The zero-order valence-electron chi connectivity index (χ0n) is 19.1. The van der Waals surface area contributed by atoms with Crippen LogP contribution in [0.15, 0.2) is 60.7 Å². The van der Waals surface area contributed by atoms with Crippen molar-refractivity contribution in [2.45, 2.75) is 33.6 Å². The molecule has 1 atom stereocenters. The van der Waals surface area contributed by atoms with Crippen LogP contribution in [0, 0.1) is 19.8 Å². The second kappa shape index (κ2) is 9.32. The molecule has 1 aliphatic rings. The summed E-state index contributed by atoms with van der Waals surface area (Å²) >= 11 is 0. The Bertz CT molecular complexity index is 1180. The molecule has 1 saturated heterocycles. The minimum absolute atomic E-state index is 0.0429. The average molecular weight is 445 g/mol. The van der Waals surface area contributed by atoms with Gasteiger partial charge in [-0.15, -0.1) is 0 Å². The van der Waals surface area contributed by atoms with E-state index in [9.17, 15) is 14.4 Å². The molecule has 0 radical (unpaired) electrons. The normalized spacial score (nSPS) is 15.5. The molecule has 2 N–H and O–H groups in total. The van der Waals surface area contributed by atoms with E-state index in [0.717, 1.165) is 29.1 Å². The van der Waals surface area contributed by atoms with Crippen molar-refractivity contribution >= 4 is 29.1 Å². The summed E-state index contributed by atoms with van der Waals surface area (Å²) in [6, 6.07) is 18.4. The number of carbonyl (C=O) groups excluding carboxylic acids is 3. The predicted molar refractivity (Wildman–Crippen MR) is 129 cm³/mol. The van der Waals surface area contributed by atoms with Crippen LogP contribution < -0.4 is 15.6 Å². The van der Waals surface area contributed by atoms with E-state index in [1.54, 1.807) is 33.8 Å². The zero-order chi connectivity index (χ0) is 23.5. The molecule has 170 valence electrons. The lowest BCUT2D eigenvalue weighted by atomic mass is 10.1. The first kappa shape index (κ1) is 22.3. The fraction of sp³-hybridized carbons (Fsp3) is 0.269. The molecule has 2 aromatic carbocycles. The third-order valence-electron chi connectivity index (χ3n) is 6.06. The molecular formula is C26H28N4O3. The number of carbonyl (C=O) groups is 3. The van der Waals surface area contributed by atoms with Gasteiger partial charge in [0.1, 0.15) is 0 Å². The molecule has 0 aliphatic carbocycles. The van der Waals surface area contributed by atoms with Crippen LogP contribution in [0.2, 0.25) is 0 Å². The van der Waals surface area contributed by atoms with E-state index >= 15 is 0 Å². The molecule has 0 spiro atoms. The number of aromatic nitrogens is 1. The number of nitrogens with one attached hydrogen (secondary N) is 2. The molecule has 0 unspecified atom stereocenters. The van der Waals surface area contributed by atoms with Crippen molar-refractivity contribution < 1.29 is 14.4 Å². The van der Waals surface area contributed by atoms with Gasteiger partial charge in [-0.2, -0.15) is 0 Å². The van der Waals surface area contributed by atoms with E-state index in [-0.39, 0.29) is 24.1 Å². The highest BCUT2D eigenvalue weighted by Gasteiger charge is 2.35. The number of hydrogen-bond acceptors (Lipinski definition) is 3. The number of hydrogen-bond donors (Lipinski definition) is 2. The highest BCUT2D eigenvalue weighted by atomic mass is 16.2. The van der Waals surface area contributed by atoms with E-state index in [1.807, 2.05) is 57.2 Å². The van der Waals surface area contributed by atoms with Crippen molar-refractivity contribution in [2.75, 3.05) is 22.2 Å². The van der Waals surface area contributed by atoms with E-state index in [0.29, 0.717) is 17.8 Å². The summed E-state index contributed by atoms with van der Waals surface area (Å²) in [7, 11) is 0. The molecule has 3 aromatic rings. The summed E-state index contributed by atoms with van der Waals surface area (Å²) in [5, 5.41) is 2.88. The van der Waals surface area contributed by atoms with Crippen molar-refractivity contribution in [1.82, 2.24) is 4.68 Å². The molecule has 0 saturated carbocycles. The molecule has 1 fully saturated rings. The van der Waals surface area contributed by atoms with Crippen molar-refractivity contribution in [3.8, 4) is 0 Å². The third-order valence-corrected chi connectivity index (χ3v) is 6.06. The quantitative estimate of drug-likeness (QED) is 0.602. The van der Waals surface area contributed by atoms with E-state index < -0.39 is 5.92 Å². The summed E-state index contributed by atoms with van der Waals surface area (Å²) in [6.45, 7) is 6.25. The minimum atomic E-state index is -0.426. The monoisotopic (exact) mass is 444 g/mol. The largest absolute Gasteiger partial charge is 0.326 e. The first-order chi connectivity index (χ1) is 15.9. The number of benzene rings is 2. The van der Waals surface area contributed by atoms with E-state index in [2.05, 4.69) is 10.7 Å².